The second kappa shape index (κ2) is 10.9. The van der Waals surface area contributed by atoms with E-state index in [1.165, 1.54) is 15.8 Å². The van der Waals surface area contributed by atoms with Gasteiger partial charge in [0.2, 0.25) is 5.82 Å². The minimum Gasteiger partial charge on any atom is -0.489 e. The number of likely N-dealkylation sites (N-methyl/N-ethyl adjacent to an activating group) is 1. The van der Waals surface area contributed by atoms with Crippen molar-refractivity contribution in [1.29, 1.82) is 0 Å². The van der Waals surface area contributed by atoms with Crippen LogP contribution in [0.4, 0.5) is 18.9 Å². The predicted octanol–water partition coefficient (Wildman–Crippen LogP) is 2.71. The molecular weight excluding hydrogens is 553 g/mol. The number of benzene rings is 2. The molecule has 2 aliphatic rings. The summed E-state index contributed by atoms with van der Waals surface area (Å²) in [5, 5.41) is 6.91. The maximum Gasteiger partial charge on any atom is 0.433 e. The van der Waals surface area contributed by atoms with Crippen LogP contribution in [0.3, 0.4) is 0 Å². The van der Waals surface area contributed by atoms with Crippen molar-refractivity contribution in [2.45, 2.75) is 38.4 Å². The lowest BCUT2D eigenvalue weighted by Gasteiger charge is -2.29. The van der Waals surface area contributed by atoms with Crippen molar-refractivity contribution in [2.75, 3.05) is 25.1 Å². The molecule has 218 valence electrons. The number of halogens is 3. The van der Waals surface area contributed by atoms with Gasteiger partial charge in [-0.25, -0.2) is 14.6 Å². The lowest BCUT2D eigenvalue weighted by Crippen LogP contribution is -2.49. The number of hydrogen-bond donors (Lipinski definition) is 1. The molecule has 0 radical (unpaired) electrons. The number of carbonyl (C=O) groups is 2. The van der Waals surface area contributed by atoms with Gasteiger partial charge in [0.05, 0.1) is 25.0 Å². The molecule has 2 aromatic carbocycles. The number of ether oxygens (including phenoxy) is 1. The van der Waals surface area contributed by atoms with E-state index in [9.17, 15) is 22.8 Å². The van der Waals surface area contributed by atoms with Gasteiger partial charge in [-0.1, -0.05) is 36.4 Å². The van der Waals surface area contributed by atoms with Crippen molar-refractivity contribution in [1.82, 2.24) is 34.5 Å². The lowest BCUT2D eigenvalue weighted by atomic mass is 10.1. The molecule has 4 aromatic rings. The summed E-state index contributed by atoms with van der Waals surface area (Å²) < 4.78 is 48.3. The zero-order chi connectivity index (χ0) is 29.4. The Balaban J connectivity index is 1.10. The number of hydrogen-bond acceptors (Lipinski definition) is 7. The van der Waals surface area contributed by atoms with Gasteiger partial charge in [0, 0.05) is 26.7 Å². The Labute approximate surface area is 238 Å². The number of nitrogens with one attached hydrogen (secondary N) is 1. The van der Waals surface area contributed by atoms with Gasteiger partial charge in [-0.15, -0.1) is 5.10 Å². The van der Waals surface area contributed by atoms with Gasteiger partial charge < -0.3 is 19.5 Å². The number of anilines is 1. The van der Waals surface area contributed by atoms with E-state index in [-0.39, 0.29) is 31.4 Å². The number of carbonyl (C=O) groups excluding carboxylic acids is 2. The summed E-state index contributed by atoms with van der Waals surface area (Å²) in [4.78, 5) is 37.7. The fourth-order valence-electron chi connectivity index (χ4n) is 5.14. The second-order valence-electron chi connectivity index (χ2n) is 10.2. The molecule has 6 rings (SSSR count). The van der Waals surface area contributed by atoms with Crippen molar-refractivity contribution in [3.05, 3.63) is 89.5 Å². The van der Waals surface area contributed by atoms with Crippen LogP contribution in [0.25, 0.3) is 0 Å². The van der Waals surface area contributed by atoms with Crippen LogP contribution >= 0.6 is 0 Å². The fraction of sp³-hybridized carbons (Fsp3) is 0.321. The second-order valence-corrected chi connectivity index (χ2v) is 10.2. The molecule has 0 fully saturated rings. The number of fused-ring (bicyclic) bond motifs is 2. The van der Waals surface area contributed by atoms with Crippen LogP contribution in [0.5, 0.6) is 5.75 Å². The number of rotatable bonds is 6. The molecule has 14 heteroatoms. The largest absolute Gasteiger partial charge is 0.489 e. The molecule has 4 heterocycles. The van der Waals surface area contributed by atoms with Crippen molar-refractivity contribution >= 4 is 17.5 Å². The molecule has 2 aromatic heterocycles. The van der Waals surface area contributed by atoms with E-state index in [0.717, 1.165) is 17.3 Å². The van der Waals surface area contributed by atoms with E-state index in [1.807, 2.05) is 47.4 Å². The molecule has 0 spiro atoms. The average Bonchev–Trinajstić information content (AvgIpc) is 3.60. The molecule has 2 amide bonds. The summed E-state index contributed by atoms with van der Waals surface area (Å²) in [6.45, 7) is 1.67. The molecular formula is C28H27F3N8O3. The summed E-state index contributed by atoms with van der Waals surface area (Å²) in [5.41, 5.74) is 1.64. The minimum atomic E-state index is -4.45. The first-order chi connectivity index (χ1) is 20.2. The Morgan fingerprint density at radius 3 is 2.67 bits per heavy atom. The summed E-state index contributed by atoms with van der Waals surface area (Å²) in [6, 6.07) is 14.1. The molecule has 2 aliphatic heterocycles. The third-order valence-electron chi connectivity index (χ3n) is 7.29. The van der Waals surface area contributed by atoms with Gasteiger partial charge in [0.1, 0.15) is 36.2 Å². The number of nitrogens with zero attached hydrogens (tertiary/aromatic N) is 7. The first kappa shape index (κ1) is 27.4. The Bertz CT molecular complexity index is 1620. The summed E-state index contributed by atoms with van der Waals surface area (Å²) in [6.07, 6.45) is -2.11. The Kier molecular flexibility index (Phi) is 7.14. The van der Waals surface area contributed by atoms with Gasteiger partial charge in [-0.3, -0.25) is 14.5 Å². The van der Waals surface area contributed by atoms with E-state index in [2.05, 4.69) is 20.4 Å². The maximum atomic E-state index is 13.3. The fourth-order valence-corrected chi connectivity index (χ4v) is 5.14. The van der Waals surface area contributed by atoms with E-state index < -0.39 is 23.8 Å². The highest BCUT2D eigenvalue weighted by atomic mass is 19.4. The molecule has 1 N–H and O–H groups in total. The molecule has 1 atom stereocenters. The Morgan fingerprint density at radius 1 is 1.07 bits per heavy atom. The molecule has 0 saturated carbocycles. The molecule has 42 heavy (non-hydrogen) atoms. The smallest absolute Gasteiger partial charge is 0.433 e. The van der Waals surface area contributed by atoms with Crippen LogP contribution in [-0.4, -0.2) is 67.3 Å². The third-order valence-corrected chi connectivity index (χ3v) is 7.29. The van der Waals surface area contributed by atoms with E-state index in [0.29, 0.717) is 36.9 Å². The maximum absolute atomic E-state index is 13.3. The normalized spacial score (nSPS) is 17.3. The van der Waals surface area contributed by atoms with Crippen molar-refractivity contribution in [3.63, 3.8) is 0 Å². The zero-order valence-corrected chi connectivity index (χ0v) is 22.6. The average molecular weight is 581 g/mol. The molecule has 0 aliphatic carbocycles. The summed E-state index contributed by atoms with van der Waals surface area (Å²) in [7, 11) is 1.60. The lowest BCUT2D eigenvalue weighted by molar-refractivity contribution is -0.144. The Morgan fingerprint density at radius 2 is 1.88 bits per heavy atom. The highest BCUT2D eigenvalue weighted by molar-refractivity contribution is 6.02. The third kappa shape index (κ3) is 5.57. The zero-order valence-electron chi connectivity index (χ0n) is 22.6. The van der Waals surface area contributed by atoms with Crippen LogP contribution < -0.4 is 15.0 Å². The summed E-state index contributed by atoms with van der Waals surface area (Å²) in [5.74, 6) is -0.198. The van der Waals surface area contributed by atoms with Crippen LogP contribution in [-0.2, 0) is 37.1 Å². The first-order valence-electron chi connectivity index (χ1n) is 13.3. The van der Waals surface area contributed by atoms with E-state index in [1.54, 1.807) is 17.8 Å². The molecule has 0 saturated heterocycles. The predicted molar refractivity (Wildman–Crippen MR) is 144 cm³/mol. The van der Waals surface area contributed by atoms with Crippen LogP contribution in [0, 0.1) is 0 Å². The van der Waals surface area contributed by atoms with Gasteiger partial charge in [-0.05, 0) is 23.3 Å². The van der Waals surface area contributed by atoms with Gasteiger partial charge >= 0.3 is 6.18 Å². The number of aromatic nitrogens is 5. The monoisotopic (exact) mass is 580 g/mol. The van der Waals surface area contributed by atoms with Crippen molar-refractivity contribution in [3.8, 4) is 5.75 Å². The minimum absolute atomic E-state index is 0.0602. The number of alkyl halides is 3. The molecule has 0 bridgehead atoms. The van der Waals surface area contributed by atoms with E-state index >= 15 is 0 Å². The van der Waals surface area contributed by atoms with Crippen LogP contribution in [0.2, 0.25) is 0 Å². The van der Waals surface area contributed by atoms with Crippen molar-refractivity contribution < 1.29 is 27.5 Å². The standard InChI is InChI=1S/C28H27F3N8O3/c1-36-21-11-19(13-37-9-10-39-23(28(29,30)31)12-32-24(39)15-37)7-8-22(21)42-16-20(27(36)41)34-26(40)25-33-17-38(35-25)14-18-5-3-2-4-6-18/h2-8,11-12,17,20H,9-10,13-16H2,1H3,(H,34,40). The number of amides is 2. The van der Waals surface area contributed by atoms with Crippen LogP contribution in [0.15, 0.2) is 61.1 Å². The van der Waals surface area contributed by atoms with Gasteiger partial charge in [0.15, 0.2) is 0 Å². The molecule has 11 nitrogen and oxygen atoms in total. The highest BCUT2D eigenvalue weighted by Crippen LogP contribution is 2.34. The highest BCUT2D eigenvalue weighted by Gasteiger charge is 2.37. The van der Waals surface area contributed by atoms with Gasteiger partial charge in [0.25, 0.3) is 11.8 Å². The quantitative estimate of drug-likeness (QED) is 0.374. The van der Waals surface area contributed by atoms with Gasteiger partial charge in [-0.2, -0.15) is 13.2 Å². The Hall–Kier alpha value is -4.72. The topological polar surface area (TPSA) is 110 Å². The summed E-state index contributed by atoms with van der Waals surface area (Å²) >= 11 is 0. The van der Waals surface area contributed by atoms with Crippen LogP contribution in [0.1, 0.15) is 33.3 Å². The van der Waals surface area contributed by atoms with E-state index in [4.69, 9.17) is 4.74 Å². The first-order valence-corrected chi connectivity index (χ1v) is 13.3. The SMILES string of the molecule is CN1C(=O)C(NC(=O)c2ncn(Cc3ccccc3)n2)COc2ccc(CN3CCn4c(C(F)(F)F)cnc4C3)cc21. The molecule has 1 unspecified atom stereocenters. The number of imidazole rings is 1. The van der Waals surface area contributed by atoms with Crippen molar-refractivity contribution in [2.24, 2.45) is 0 Å².